The molecule has 0 N–H and O–H groups in total. The third kappa shape index (κ3) is 4.62. The van der Waals surface area contributed by atoms with Gasteiger partial charge in [0, 0.05) is 31.1 Å². The van der Waals surface area contributed by atoms with Crippen molar-refractivity contribution in [2.24, 2.45) is 4.99 Å². The average Bonchev–Trinajstić information content (AvgIpc) is 3.29. The summed E-state index contributed by atoms with van der Waals surface area (Å²) in [5.41, 5.74) is 2.32. The van der Waals surface area contributed by atoms with Crippen molar-refractivity contribution in [1.82, 2.24) is 4.90 Å². The minimum Gasteiger partial charge on any atom is -0.497 e. The van der Waals surface area contributed by atoms with Crippen molar-refractivity contribution in [2.75, 3.05) is 32.1 Å². The number of benzene rings is 2. The van der Waals surface area contributed by atoms with Gasteiger partial charge in [0.15, 0.2) is 5.17 Å². The number of rotatable bonds is 7. The number of ether oxygens (including phenoxy) is 1. The molecule has 162 valence electrons. The fourth-order valence-corrected chi connectivity index (χ4v) is 5.90. The van der Waals surface area contributed by atoms with Crippen LogP contribution in [0.2, 0.25) is 0 Å². The van der Waals surface area contributed by atoms with Gasteiger partial charge in [0.05, 0.1) is 17.8 Å². The van der Waals surface area contributed by atoms with Gasteiger partial charge in [-0.05, 0) is 42.3 Å². The normalized spacial score (nSPS) is 19.5. The van der Waals surface area contributed by atoms with Crippen molar-refractivity contribution in [1.29, 1.82) is 0 Å². The highest BCUT2D eigenvalue weighted by Crippen LogP contribution is 2.50. The summed E-state index contributed by atoms with van der Waals surface area (Å²) in [5, 5.41) is 1.78. The van der Waals surface area contributed by atoms with Crippen LogP contribution in [0.15, 0.2) is 68.4 Å². The molecule has 1 saturated heterocycles. The van der Waals surface area contributed by atoms with Crippen molar-refractivity contribution in [3.8, 4) is 5.75 Å². The number of amidine groups is 1. The van der Waals surface area contributed by atoms with Crippen LogP contribution in [0.5, 0.6) is 5.75 Å². The predicted octanol–water partition coefficient (Wildman–Crippen LogP) is 5.38. The highest BCUT2D eigenvalue weighted by Gasteiger charge is 2.38. The Morgan fingerprint density at radius 2 is 1.90 bits per heavy atom. The second kappa shape index (κ2) is 9.83. The largest absolute Gasteiger partial charge is 0.497 e. The SMILES string of the molecule is CCCCN1C(=O)C(=C2Sc3ccc(OC)cc3N2C)SC1=NCCc1ccccc1. The van der Waals surface area contributed by atoms with E-state index in [9.17, 15) is 4.79 Å². The van der Waals surface area contributed by atoms with Gasteiger partial charge in [-0.25, -0.2) is 0 Å². The number of unbranched alkanes of at least 4 members (excludes halogenated alkanes) is 1. The smallest absolute Gasteiger partial charge is 0.269 e. The first-order chi connectivity index (χ1) is 15.1. The van der Waals surface area contributed by atoms with Crippen LogP contribution in [-0.4, -0.2) is 43.2 Å². The number of fused-ring (bicyclic) bond motifs is 1. The first-order valence-corrected chi connectivity index (χ1v) is 12.2. The second-order valence-electron chi connectivity index (χ2n) is 7.44. The molecular formula is C24H27N3O2S2. The van der Waals surface area contributed by atoms with Crippen molar-refractivity contribution in [3.05, 3.63) is 64.0 Å². The van der Waals surface area contributed by atoms with Crippen LogP contribution in [0.4, 0.5) is 5.69 Å². The second-order valence-corrected chi connectivity index (χ2v) is 9.45. The summed E-state index contributed by atoms with van der Waals surface area (Å²) in [4.78, 5) is 24.0. The number of carbonyl (C=O) groups excluding carboxylic acids is 1. The van der Waals surface area contributed by atoms with Gasteiger partial charge in [0.25, 0.3) is 5.91 Å². The molecule has 0 bridgehead atoms. The fourth-order valence-electron chi connectivity index (χ4n) is 3.54. The molecule has 31 heavy (non-hydrogen) atoms. The lowest BCUT2D eigenvalue weighted by Gasteiger charge is -2.16. The maximum absolute atomic E-state index is 13.4. The summed E-state index contributed by atoms with van der Waals surface area (Å²) in [5.74, 6) is 0.876. The predicted molar refractivity (Wildman–Crippen MR) is 131 cm³/mol. The van der Waals surface area contributed by atoms with Gasteiger partial charge < -0.3 is 9.64 Å². The van der Waals surface area contributed by atoms with E-state index < -0.39 is 0 Å². The molecule has 4 rings (SSSR count). The van der Waals surface area contributed by atoms with E-state index in [1.165, 1.54) is 17.3 Å². The Labute approximate surface area is 192 Å². The van der Waals surface area contributed by atoms with E-state index in [0.29, 0.717) is 13.1 Å². The lowest BCUT2D eigenvalue weighted by atomic mass is 10.2. The van der Waals surface area contributed by atoms with E-state index in [2.05, 4.69) is 30.0 Å². The number of anilines is 1. The molecule has 1 amide bonds. The highest BCUT2D eigenvalue weighted by molar-refractivity contribution is 8.19. The number of nitrogens with zero attached hydrogens (tertiary/aromatic N) is 3. The van der Waals surface area contributed by atoms with Crippen LogP contribution >= 0.6 is 23.5 Å². The average molecular weight is 454 g/mol. The van der Waals surface area contributed by atoms with Crippen LogP contribution in [0.25, 0.3) is 0 Å². The Bertz CT molecular complexity index is 1020. The maximum atomic E-state index is 13.4. The van der Waals surface area contributed by atoms with Gasteiger partial charge in [0.1, 0.15) is 10.7 Å². The molecule has 1 fully saturated rings. The zero-order valence-corrected chi connectivity index (χ0v) is 19.8. The van der Waals surface area contributed by atoms with Gasteiger partial charge in [-0.15, -0.1) is 0 Å². The lowest BCUT2D eigenvalue weighted by Crippen LogP contribution is -2.31. The number of aliphatic imine (C=N–C) groups is 1. The molecule has 5 nitrogen and oxygen atoms in total. The molecular weight excluding hydrogens is 426 g/mol. The number of methoxy groups -OCH3 is 1. The van der Waals surface area contributed by atoms with Gasteiger partial charge in [-0.3, -0.25) is 14.7 Å². The van der Waals surface area contributed by atoms with E-state index in [1.54, 1.807) is 18.9 Å². The Kier molecular flexibility index (Phi) is 6.92. The number of thioether (sulfide) groups is 2. The molecule has 2 aromatic carbocycles. The molecule has 2 aromatic rings. The summed E-state index contributed by atoms with van der Waals surface area (Å²) < 4.78 is 5.38. The first-order valence-electron chi connectivity index (χ1n) is 10.5. The Balaban J connectivity index is 1.58. The summed E-state index contributed by atoms with van der Waals surface area (Å²) in [6.07, 6.45) is 2.87. The molecule has 0 atom stereocenters. The van der Waals surface area contributed by atoms with Crippen molar-refractivity contribution in [3.63, 3.8) is 0 Å². The van der Waals surface area contributed by atoms with E-state index in [-0.39, 0.29) is 5.91 Å². The lowest BCUT2D eigenvalue weighted by molar-refractivity contribution is -0.122. The van der Waals surface area contributed by atoms with Crippen molar-refractivity contribution < 1.29 is 9.53 Å². The summed E-state index contributed by atoms with van der Waals surface area (Å²) >= 11 is 3.15. The van der Waals surface area contributed by atoms with E-state index in [4.69, 9.17) is 9.73 Å². The summed E-state index contributed by atoms with van der Waals surface area (Å²) in [6, 6.07) is 16.4. The minimum atomic E-state index is 0.0611. The Hall–Kier alpha value is -2.38. The molecule has 7 heteroatoms. The molecule has 0 unspecified atom stereocenters. The standard InChI is InChI=1S/C24H27N3O2S2/c1-4-5-15-27-22(28)21(31-24(27)25-14-13-17-9-7-6-8-10-17)23-26(2)19-16-18(29-3)11-12-20(19)30-23/h6-12,16H,4-5,13-15H2,1-3H3. The van der Waals surface area contributed by atoms with E-state index in [1.807, 2.05) is 42.3 Å². The minimum absolute atomic E-state index is 0.0611. The van der Waals surface area contributed by atoms with Gasteiger partial charge in [-0.2, -0.15) is 0 Å². The number of carbonyl (C=O) groups is 1. The van der Waals surface area contributed by atoms with Crippen molar-refractivity contribution >= 4 is 40.3 Å². The monoisotopic (exact) mass is 453 g/mol. The van der Waals surface area contributed by atoms with Crippen molar-refractivity contribution in [2.45, 2.75) is 31.1 Å². The third-order valence-electron chi connectivity index (χ3n) is 5.32. The zero-order chi connectivity index (χ0) is 21.8. The molecule has 2 aliphatic rings. The number of hydrogen-bond donors (Lipinski definition) is 0. The van der Waals surface area contributed by atoms with E-state index in [0.717, 1.165) is 50.7 Å². The van der Waals surface area contributed by atoms with Gasteiger partial charge in [-0.1, -0.05) is 55.4 Å². The molecule has 2 heterocycles. The van der Waals surface area contributed by atoms with Crippen LogP contribution in [-0.2, 0) is 11.2 Å². The molecule has 2 aliphatic heterocycles. The molecule has 0 aliphatic carbocycles. The Morgan fingerprint density at radius 1 is 1.10 bits per heavy atom. The molecule has 0 radical (unpaired) electrons. The highest BCUT2D eigenvalue weighted by atomic mass is 32.2. The fraction of sp³-hybridized carbons (Fsp3) is 0.333. The van der Waals surface area contributed by atoms with Gasteiger partial charge in [0.2, 0.25) is 0 Å². The summed E-state index contributed by atoms with van der Waals surface area (Å²) in [6.45, 7) is 3.52. The molecule has 0 saturated carbocycles. The molecule has 0 aromatic heterocycles. The van der Waals surface area contributed by atoms with Crippen LogP contribution in [0.1, 0.15) is 25.3 Å². The molecule has 0 spiro atoms. The first kappa shape index (κ1) is 21.8. The van der Waals surface area contributed by atoms with Crippen LogP contribution < -0.4 is 9.64 Å². The number of hydrogen-bond acceptors (Lipinski definition) is 6. The maximum Gasteiger partial charge on any atom is 0.269 e. The topological polar surface area (TPSA) is 45.1 Å². The van der Waals surface area contributed by atoms with E-state index >= 15 is 0 Å². The third-order valence-corrected chi connectivity index (χ3v) is 7.79. The van der Waals surface area contributed by atoms with Crippen LogP contribution in [0, 0.1) is 0 Å². The Morgan fingerprint density at radius 3 is 2.65 bits per heavy atom. The zero-order valence-electron chi connectivity index (χ0n) is 18.1. The summed E-state index contributed by atoms with van der Waals surface area (Å²) in [7, 11) is 3.68. The van der Waals surface area contributed by atoms with Gasteiger partial charge >= 0.3 is 0 Å². The number of amides is 1. The quantitative estimate of drug-likeness (QED) is 0.527. The van der Waals surface area contributed by atoms with Crippen LogP contribution in [0.3, 0.4) is 0 Å².